The molecule has 0 fully saturated rings. The van der Waals surface area contributed by atoms with Crippen LogP contribution in [-0.4, -0.2) is 26.6 Å². The highest BCUT2D eigenvalue weighted by molar-refractivity contribution is 9.10. The summed E-state index contributed by atoms with van der Waals surface area (Å²) in [7, 11) is 3.63. The summed E-state index contributed by atoms with van der Waals surface area (Å²) in [6.07, 6.45) is 4.23. The number of rotatable bonds is 6. The van der Waals surface area contributed by atoms with Gasteiger partial charge in [-0.3, -0.25) is 4.79 Å². The Labute approximate surface area is 172 Å². The molecule has 27 heavy (non-hydrogen) atoms. The first-order valence-corrected chi connectivity index (χ1v) is 10.6. The van der Waals surface area contributed by atoms with Crippen molar-refractivity contribution >= 4 is 38.2 Å². The van der Waals surface area contributed by atoms with Crippen molar-refractivity contribution in [2.75, 3.05) is 26.0 Å². The zero-order valence-electron chi connectivity index (χ0n) is 15.5. The average molecular weight is 449 g/mol. The van der Waals surface area contributed by atoms with Crippen molar-refractivity contribution in [3.8, 4) is 11.8 Å². The fourth-order valence-corrected chi connectivity index (χ4v) is 5.15. The molecule has 1 aliphatic carbocycles. The Morgan fingerprint density at radius 3 is 2.93 bits per heavy atom. The summed E-state index contributed by atoms with van der Waals surface area (Å²) in [6.45, 7) is 0.991. The molecule has 2 N–H and O–H groups in total. The van der Waals surface area contributed by atoms with Gasteiger partial charge in [-0.2, -0.15) is 5.26 Å². The maximum Gasteiger partial charge on any atom is 0.280 e. The number of carbonyl (C=O) groups is 1. The number of amides is 1. The lowest BCUT2D eigenvalue weighted by molar-refractivity contribution is -0.885. The van der Waals surface area contributed by atoms with E-state index in [1.165, 1.54) is 4.88 Å². The minimum Gasteiger partial charge on any atom is -0.496 e. The second kappa shape index (κ2) is 8.87. The first kappa shape index (κ1) is 19.9. The van der Waals surface area contributed by atoms with Crippen molar-refractivity contribution < 1.29 is 14.4 Å². The smallest absolute Gasteiger partial charge is 0.280 e. The topological polar surface area (TPSA) is 66.6 Å². The van der Waals surface area contributed by atoms with Crippen LogP contribution in [0.3, 0.4) is 0 Å². The number of aryl methyl sites for hydroxylation is 1. The van der Waals surface area contributed by atoms with Gasteiger partial charge in [-0.25, -0.2) is 0 Å². The van der Waals surface area contributed by atoms with Gasteiger partial charge in [-0.05, 0) is 49.4 Å². The van der Waals surface area contributed by atoms with Crippen LogP contribution < -0.4 is 15.0 Å². The molecule has 3 rings (SSSR count). The van der Waals surface area contributed by atoms with Gasteiger partial charge in [0, 0.05) is 14.9 Å². The van der Waals surface area contributed by atoms with Gasteiger partial charge in [-0.15, -0.1) is 11.3 Å². The third-order valence-corrected chi connectivity index (χ3v) is 6.43. The Morgan fingerprint density at radius 1 is 1.41 bits per heavy atom. The number of halogens is 1. The summed E-state index contributed by atoms with van der Waals surface area (Å²) in [4.78, 5) is 14.8. The summed E-state index contributed by atoms with van der Waals surface area (Å²) in [5.74, 6) is 0.743. The number of ether oxygens (including phenoxy) is 1. The molecule has 0 bridgehead atoms. The van der Waals surface area contributed by atoms with E-state index in [2.05, 4.69) is 27.3 Å². The number of anilines is 1. The van der Waals surface area contributed by atoms with E-state index < -0.39 is 0 Å². The quantitative estimate of drug-likeness (QED) is 0.713. The van der Waals surface area contributed by atoms with Gasteiger partial charge in [0.2, 0.25) is 0 Å². The number of nitrogens with zero attached hydrogens (tertiary/aromatic N) is 1. The Balaban J connectivity index is 1.65. The molecule has 1 atom stereocenters. The molecule has 142 valence electrons. The van der Waals surface area contributed by atoms with Crippen LogP contribution in [0.4, 0.5) is 5.00 Å². The second-order valence-electron chi connectivity index (χ2n) is 6.84. The van der Waals surface area contributed by atoms with E-state index in [-0.39, 0.29) is 5.91 Å². The molecule has 0 radical (unpaired) electrons. The minimum absolute atomic E-state index is 0.0726. The van der Waals surface area contributed by atoms with Crippen LogP contribution in [0.2, 0.25) is 0 Å². The summed E-state index contributed by atoms with van der Waals surface area (Å²) in [5.41, 5.74) is 2.85. The zero-order chi connectivity index (χ0) is 19.4. The van der Waals surface area contributed by atoms with Crippen LogP contribution in [-0.2, 0) is 24.2 Å². The van der Waals surface area contributed by atoms with Crippen LogP contribution in [0.15, 0.2) is 22.7 Å². The van der Waals surface area contributed by atoms with Gasteiger partial charge >= 0.3 is 0 Å². The number of quaternary nitrogens is 1. The van der Waals surface area contributed by atoms with Crippen LogP contribution in [0.25, 0.3) is 0 Å². The molecule has 0 spiro atoms. The molecule has 2 aromatic rings. The van der Waals surface area contributed by atoms with E-state index in [0.717, 1.165) is 51.9 Å². The lowest BCUT2D eigenvalue weighted by Gasteiger charge is -2.16. The SMILES string of the molecule is COc1ccc(Br)cc1C[NH+](C)CC(=O)Nc1sc2c(c1C#N)CCCC2. The van der Waals surface area contributed by atoms with Crippen molar-refractivity contribution in [3.05, 3.63) is 44.2 Å². The van der Waals surface area contributed by atoms with Crippen molar-refractivity contribution in [1.82, 2.24) is 0 Å². The molecule has 1 amide bonds. The van der Waals surface area contributed by atoms with Gasteiger partial charge in [0.1, 0.15) is 23.4 Å². The summed E-state index contributed by atoms with van der Waals surface area (Å²) in [6, 6.07) is 8.16. The maximum absolute atomic E-state index is 12.5. The van der Waals surface area contributed by atoms with Crippen LogP contribution in [0.1, 0.15) is 34.4 Å². The highest BCUT2D eigenvalue weighted by Gasteiger charge is 2.22. The molecule has 1 aliphatic rings. The third-order valence-electron chi connectivity index (χ3n) is 4.73. The first-order chi connectivity index (χ1) is 13.0. The van der Waals surface area contributed by atoms with Crippen molar-refractivity contribution in [2.45, 2.75) is 32.2 Å². The Kier molecular flexibility index (Phi) is 6.53. The molecule has 5 nitrogen and oxygen atoms in total. The lowest BCUT2D eigenvalue weighted by atomic mass is 9.96. The number of fused-ring (bicyclic) bond motifs is 1. The summed E-state index contributed by atoms with van der Waals surface area (Å²) in [5, 5.41) is 13.2. The lowest BCUT2D eigenvalue weighted by Crippen LogP contribution is -3.08. The fourth-order valence-electron chi connectivity index (χ4n) is 3.49. The zero-order valence-corrected chi connectivity index (χ0v) is 17.9. The highest BCUT2D eigenvalue weighted by Crippen LogP contribution is 2.37. The number of carbonyl (C=O) groups excluding carboxylic acids is 1. The average Bonchev–Trinajstić information content (AvgIpc) is 2.98. The first-order valence-electron chi connectivity index (χ1n) is 9.00. The van der Waals surface area contributed by atoms with Gasteiger partial charge in [0.15, 0.2) is 6.54 Å². The van der Waals surface area contributed by atoms with Crippen LogP contribution in [0.5, 0.6) is 5.75 Å². The molecule has 1 heterocycles. The Morgan fingerprint density at radius 2 is 2.19 bits per heavy atom. The number of hydrogen-bond acceptors (Lipinski definition) is 4. The van der Waals surface area contributed by atoms with E-state index in [0.29, 0.717) is 23.7 Å². The van der Waals surface area contributed by atoms with Crippen LogP contribution in [0, 0.1) is 11.3 Å². The van der Waals surface area contributed by atoms with Gasteiger partial charge < -0.3 is 15.0 Å². The van der Waals surface area contributed by atoms with Crippen molar-refractivity contribution in [1.29, 1.82) is 5.26 Å². The molecular formula is C20H23BrN3O2S+. The number of benzene rings is 1. The molecule has 1 aromatic heterocycles. The normalized spacial score (nSPS) is 14.1. The Hall–Kier alpha value is -1.88. The van der Waals surface area contributed by atoms with E-state index in [9.17, 15) is 10.1 Å². The third kappa shape index (κ3) is 4.70. The van der Waals surface area contributed by atoms with E-state index in [4.69, 9.17) is 4.74 Å². The second-order valence-corrected chi connectivity index (χ2v) is 8.86. The van der Waals surface area contributed by atoms with Crippen molar-refractivity contribution in [2.24, 2.45) is 0 Å². The van der Waals surface area contributed by atoms with Crippen LogP contribution >= 0.6 is 27.3 Å². The largest absolute Gasteiger partial charge is 0.496 e. The summed E-state index contributed by atoms with van der Waals surface area (Å²) >= 11 is 5.04. The van der Waals surface area contributed by atoms with Crippen molar-refractivity contribution in [3.63, 3.8) is 0 Å². The number of methoxy groups -OCH3 is 1. The molecule has 1 unspecified atom stereocenters. The predicted molar refractivity (Wildman–Crippen MR) is 110 cm³/mol. The van der Waals surface area contributed by atoms with E-state index in [1.807, 2.05) is 25.2 Å². The fraction of sp³-hybridized carbons (Fsp3) is 0.400. The number of nitriles is 1. The number of hydrogen-bond donors (Lipinski definition) is 2. The standard InChI is InChI=1S/C20H22BrN3O2S/c1-24(11-13-9-14(21)7-8-17(13)26-2)12-19(25)23-20-16(10-22)15-5-3-4-6-18(15)27-20/h7-9H,3-6,11-12H2,1-2H3,(H,23,25)/p+1. The van der Waals surface area contributed by atoms with E-state index >= 15 is 0 Å². The van der Waals surface area contributed by atoms with E-state index in [1.54, 1.807) is 18.4 Å². The molecule has 1 aromatic carbocycles. The highest BCUT2D eigenvalue weighted by atomic mass is 79.9. The number of likely N-dealkylation sites (N-methyl/N-ethyl adjacent to an activating group) is 1. The molecule has 0 saturated carbocycles. The molecule has 0 aliphatic heterocycles. The van der Waals surface area contributed by atoms with Gasteiger partial charge in [0.05, 0.1) is 19.7 Å². The van der Waals surface area contributed by atoms with Gasteiger partial charge in [-0.1, -0.05) is 15.9 Å². The number of thiophene rings is 1. The number of nitrogens with one attached hydrogen (secondary N) is 2. The molecule has 7 heteroatoms. The Bertz CT molecular complexity index is 888. The summed E-state index contributed by atoms with van der Waals surface area (Å²) < 4.78 is 6.39. The predicted octanol–water partition coefficient (Wildman–Crippen LogP) is 2.92. The molecule has 0 saturated heterocycles. The maximum atomic E-state index is 12.5. The minimum atomic E-state index is -0.0726. The monoisotopic (exact) mass is 448 g/mol. The molecular weight excluding hydrogens is 426 g/mol. The van der Waals surface area contributed by atoms with Gasteiger partial charge in [0.25, 0.3) is 5.91 Å².